The Kier molecular flexibility index (Phi) is 8.02. The number of piperidine rings is 1. The number of rotatable bonds is 0. The molecule has 92 valence electrons. The van der Waals surface area contributed by atoms with E-state index >= 15 is 0 Å². The van der Waals surface area contributed by atoms with Crippen molar-refractivity contribution in [2.75, 3.05) is 33.4 Å². The minimum absolute atomic E-state index is 0.410. The Morgan fingerprint density at radius 2 is 1.80 bits per heavy atom. The molecule has 2 rings (SSSR count). The summed E-state index contributed by atoms with van der Waals surface area (Å²) in [7, 11) is 2.21. The molecule has 1 atom stereocenters. The second kappa shape index (κ2) is 8.08. The van der Waals surface area contributed by atoms with E-state index in [4.69, 9.17) is 0 Å². The van der Waals surface area contributed by atoms with Gasteiger partial charge in [0, 0.05) is 25.3 Å². The fraction of sp³-hybridized carbons (Fsp3) is 1.00. The highest BCUT2D eigenvalue weighted by Crippen LogP contribution is 2.21. The molecule has 2 aliphatic rings. The van der Waals surface area contributed by atoms with Crippen LogP contribution in [0.3, 0.4) is 0 Å². The van der Waals surface area contributed by atoms with Gasteiger partial charge >= 0.3 is 0 Å². The van der Waals surface area contributed by atoms with Crippen LogP contribution >= 0.6 is 0 Å². The predicted octanol–water partition coefficient (Wildman–Crippen LogP) is 1.65. The predicted molar refractivity (Wildman–Crippen MR) is 68.2 cm³/mol. The third kappa shape index (κ3) is 4.49. The Morgan fingerprint density at radius 1 is 1.13 bits per heavy atom. The van der Waals surface area contributed by atoms with Crippen LogP contribution < -0.4 is 10.6 Å². The number of hydrogen-bond acceptors (Lipinski definition) is 3. The van der Waals surface area contributed by atoms with Crippen molar-refractivity contribution >= 4 is 0 Å². The standard InChI is InChI=1S/C8H17N3.2C2H6/c1-11-4-2-3-8(6-11)5-9-7-10-8;2*1-2/h9-10H,2-7H2,1H3;2*1-2H3. The number of likely N-dealkylation sites (tertiary alicyclic amines) is 1. The number of hydrogen-bond donors (Lipinski definition) is 2. The van der Waals surface area contributed by atoms with Crippen LogP contribution in [0, 0.1) is 0 Å². The zero-order valence-electron chi connectivity index (χ0n) is 11.2. The van der Waals surface area contributed by atoms with Gasteiger partial charge in [-0.05, 0) is 26.4 Å². The Balaban J connectivity index is 0.000000442. The van der Waals surface area contributed by atoms with Crippen molar-refractivity contribution in [1.29, 1.82) is 0 Å². The summed E-state index contributed by atoms with van der Waals surface area (Å²) in [5.41, 5.74) is 0.410. The van der Waals surface area contributed by atoms with Gasteiger partial charge in [-0.3, -0.25) is 5.32 Å². The summed E-state index contributed by atoms with van der Waals surface area (Å²) in [6.45, 7) is 12.6. The van der Waals surface area contributed by atoms with Crippen molar-refractivity contribution in [3.8, 4) is 0 Å². The van der Waals surface area contributed by atoms with Gasteiger partial charge in [0.2, 0.25) is 0 Å². The van der Waals surface area contributed by atoms with Crippen LogP contribution in [0.4, 0.5) is 0 Å². The molecule has 0 aliphatic carbocycles. The van der Waals surface area contributed by atoms with Crippen LogP contribution in [0.25, 0.3) is 0 Å². The molecule has 0 bridgehead atoms. The van der Waals surface area contributed by atoms with Crippen LogP contribution in [0.2, 0.25) is 0 Å². The van der Waals surface area contributed by atoms with Gasteiger partial charge < -0.3 is 10.2 Å². The first kappa shape index (κ1) is 14.9. The lowest BCUT2D eigenvalue weighted by molar-refractivity contribution is 0.171. The van der Waals surface area contributed by atoms with E-state index in [1.165, 1.54) is 25.9 Å². The van der Waals surface area contributed by atoms with Crippen molar-refractivity contribution in [2.24, 2.45) is 0 Å². The molecule has 0 saturated carbocycles. The molecule has 2 N–H and O–H groups in total. The maximum Gasteiger partial charge on any atom is 0.0460 e. The molecule has 3 nitrogen and oxygen atoms in total. The lowest BCUT2D eigenvalue weighted by Gasteiger charge is -2.38. The van der Waals surface area contributed by atoms with E-state index in [0.717, 1.165) is 13.2 Å². The summed E-state index contributed by atoms with van der Waals surface area (Å²) in [6.07, 6.45) is 2.68. The molecule has 0 radical (unpaired) electrons. The van der Waals surface area contributed by atoms with E-state index < -0.39 is 0 Å². The molecular weight excluding hydrogens is 186 g/mol. The SMILES string of the molecule is CC.CC.CN1CCCC2(CNCN2)C1. The minimum Gasteiger partial charge on any atom is -0.304 e. The van der Waals surface area contributed by atoms with Crippen LogP contribution in [0.5, 0.6) is 0 Å². The molecule has 1 unspecified atom stereocenters. The molecule has 0 amide bonds. The lowest BCUT2D eigenvalue weighted by atomic mass is 9.90. The normalized spacial score (nSPS) is 30.2. The van der Waals surface area contributed by atoms with E-state index in [-0.39, 0.29) is 0 Å². The van der Waals surface area contributed by atoms with Crippen molar-refractivity contribution in [1.82, 2.24) is 15.5 Å². The summed E-state index contributed by atoms with van der Waals surface area (Å²) in [4.78, 5) is 2.42. The van der Waals surface area contributed by atoms with E-state index in [1.54, 1.807) is 0 Å². The van der Waals surface area contributed by atoms with Crippen molar-refractivity contribution in [3.63, 3.8) is 0 Å². The molecule has 0 aromatic rings. The van der Waals surface area contributed by atoms with Gasteiger partial charge in [-0.2, -0.15) is 0 Å². The first-order chi connectivity index (χ1) is 7.31. The highest BCUT2D eigenvalue weighted by Gasteiger charge is 2.36. The average molecular weight is 215 g/mol. The number of nitrogens with zero attached hydrogens (tertiary/aromatic N) is 1. The Bertz CT molecular complexity index is 142. The maximum absolute atomic E-state index is 3.55. The molecule has 15 heavy (non-hydrogen) atoms. The lowest BCUT2D eigenvalue weighted by Crippen LogP contribution is -2.54. The van der Waals surface area contributed by atoms with Crippen molar-refractivity contribution in [3.05, 3.63) is 0 Å². The van der Waals surface area contributed by atoms with Crippen molar-refractivity contribution in [2.45, 2.75) is 46.1 Å². The average Bonchev–Trinajstić information content (AvgIpc) is 2.72. The van der Waals surface area contributed by atoms with E-state index in [1.807, 2.05) is 27.7 Å². The summed E-state index contributed by atoms with van der Waals surface area (Å²) in [5, 5.41) is 6.92. The molecule has 2 saturated heterocycles. The topological polar surface area (TPSA) is 27.3 Å². The first-order valence-electron chi connectivity index (χ1n) is 6.45. The summed E-state index contributed by atoms with van der Waals surface area (Å²) >= 11 is 0. The second-order valence-electron chi connectivity index (χ2n) is 3.90. The van der Waals surface area contributed by atoms with Gasteiger partial charge in [-0.1, -0.05) is 27.7 Å². The maximum atomic E-state index is 3.55. The van der Waals surface area contributed by atoms with Crippen LogP contribution in [-0.2, 0) is 0 Å². The van der Waals surface area contributed by atoms with Crippen molar-refractivity contribution < 1.29 is 0 Å². The van der Waals surface area contributed by atoms with Gasteiger partial charge in [-0.25, -0.2) is 0 Å². The van der Waals surface area contributed by atoms with Gasteiger partial charge in [-0.15, -0.1) is 0 Å². The molecule has 0 aromatic carbocycles. The second-order valence-corrected chi connectivity index (χ2v) is 3.90. The number of nitrogens with one attached hydrogen (secondary N) is 2. The quantitative estimate of drug-likeness (QED) is 0.643. The highest BCUT2D eigenvalue weighted by molar-refractivity contribution is 4.98. The Hall–Kier alpha value is -0.120. The first-order valence-corrected chi connectivity index (χ1v) is 6.45. The smallest absolute Gasteiger partial charge is 0.0460 e. The molecule has 0 aromatic heterocycles. The van der Waals surface area contributed by atoms with Crippen LogP contribution in [0.1, 0.15) is 40.5 Å². The van der Waals surface area contributed by atoms with Gasteiger partial charge in [0.05, 0.1) is 0 Å². The molecule has 2 fully saturated rings. The van der Waals surface area contributed by atoms with Gasteiger partial charge in [0.15, 0.2) is 0 Å². The van der Waals surface area contributed by atoms with Crippen LogP contribution in [-0.4, -0.2) is 43.8 Å². The summed E-state index contributed by atoms with van der Waals surface area (Å²) < 4.78 is 0. The Morgan fingerprint density at radius 3 is 2.27 bits per heavy atom. The molecule has 3 heteroatoms. The van der Waals surface area contributed by atoms with Gasteiger partial charge in [0.1, 0.15) is 0 Å². The fourth-order valence-corrected chi connectivity index (χ4v) is 2.27. The fourth-order valence-electron chi connectivity index (χ4n) is 2.27. The summed E-state index contributed by atoms with van der Waals surface area (Å²) in [5.74, 6) is 0. The van der Waals surface area contributed by atoms with Crippen LogP contribution in [0.15, 0.2) is 0 Å². The van der Waals surface area contributed by atoms with E-state index in [2.05, 4.69) is 22.6 Å². The highest BCUT2D eigenvalue weighted by atomic mass is 15.3. The van der Waals surface area contributed by atoms with E-state index in [0.29, 0.717) is 5.54 Å². The number of likely N-dealkylation sites (N-methyl/N-ethyl adjacent to an activating group) is 1. The monoisotopic (exact) mass is 215 g/mol. The third-order valence-corrected chi connectivity index (χ3v) is 2.82. The molecule has 2 heterocycles. The minimum atomic E-state index is 0.410. The largest absolute Gasteiger partial charge is 0.304 e. The molecule has 1 spiro atoms. The molecule has 2 aliphatic heterocycles. The van der Waals surface area contributed by atoms with Gasteiger partial charge in [0.25, 0.3) is 0 Å². The zero-order chi connectivity index (χ0) is 11.7. The summed E-state index contributed by atoms with van der Waals surface area (Å²) in [6, 6.07) is 0. The zero-order valence-corrected chi connectivity index (χ0v) is 11.2. The Labute approximate surface area is 95.6 Å². The molecular formula is C12H29N3. The van der Waals surface area contributed by atoms with E-state index in [9.17, 15) is 0 Å². The third-order valence-electron chi connectivity index (χ3n) is 2.82.